The maximum atomic E-state index is 13.3. The Morgan fingerprint density at radius 3 is 2.58 bits per heavy atom. The molecule has 0 aliphatic rings. The molecule has 0 heterocycles. The van der Waals surface area contributed by atoms with Crippen molar-refractivity contribution in [2.75, 3.05) is 18.5 Å². The van der Waals surface area contributed by atoms with Crippen LogP contribution in [0.1, 0.15) is 0 Å². The standard InChI is InChI=1S/C14H12ClF2NO/c15-11-9-10(5-6-12(11)16)19-8-7-18-14-4-2-1-3-13(14)17/h1-6,9,18H,7-8H2. The number of halogens is 3. The topological polar surface area (TPSA) is 21.3 Å². The fraction of sp³-hybridized carbons (Fsp3) is 0.143. The summed E-state index contributed by atoms with van der Waals surface area (Å²) in [5.41, 5.74) is 0.420. The van der Waals surface area contributed by atoms with E-state index in [1.807, 2.05) is 0 Å². The van der Waals surface area contributed by atoms with Gasteiger partial charge in [-0.25, -0.2) is 8.78 Å². The highest BCUT2D eigenvalue weighted by Crippen LogP contribution is 2.21. The molecule has 0 amide bonds. The van der Waals surface area contributed by atoms with Gasteiger partial charge in [0.15, 0.2) is 0 Å². The van der Waals surface area contributed by atoms with Crippen molar-refractivity contribution in [1.29, 1.82) is 0 Å². The Bertz CT molecular complexity index is 563. The van der Waals surface area contributed by atoms with Crippen LogP contribution < -0.4 is 10.1 Å². The van der Waals surface area contributed by atoms with Crippen LogP contribution in [0.5, 0.6) is 5.75 Å². The zero-order valence-corrected chi connectivity index (χ0v) is 10.8. The average Bonchev–Trinajstić information content (AvgIpc) is 2.40. The first-order chi connectivity index (χ1) is 9.16. The van der Waals surface area contributed by atoms with Crippen LogP contribution in [0, 0.1) is 11.6 Å². The van der Waals surface area contributed by atoms with Crippen molar-refractivity contribution in [2.45, 2.75) is 0 Å². The Hall–Kier alpha value is -1.81. The summed E-state index contributed by atoms with van der Waals surface area (Å²) in [6, 6.07) is 10.5. The molecule has 0 fully saturated rings. The predicted molar refractivity (Wildman–Crippen MR) is 71.8 cm³/mol. The van der Waals surface area contributed by atoms with Gasteiger partial charge in [0.25, 0.3) is 0 Å². The smallest absolute Gasteiger partial charge is 0.146 e. The van der Waals surface area contributed by atoms with Gasteiger partial charge in [0.05, 0.1) is 10.7 Å². The minimum Gasteiger partial charge on any atom is -0.492 e. The van der Waals surface area contributed by atoms with Gasteiger partial charge in [-0.05, 0) is 24.3 Å². The lowest BCUT2D eigenvalue weighted by atomic mass is 10.3. The molecule has 1 N–H and O–H groups in total. The minimum absolute atomic E-state index is 0.0135. The van der Waals surface area contributed by atoms with Crippen molar-refractivity contribution in [2.24, 2.45) is 0 Å². The van der Waals surface area contributed by atoms with Gasteiger partial charge in [0.1, 0.15) is 24.0 Å². The van der Waals surface area contributed by atoms with Gasteiger partial charge in [0.2, 0.25) is 0 Å². The van der Waals surface area contributed by atoms with Gasteiger partial charge in [-0.15, -0.1) is 0 Å². The third kappa shape index (κ3) is 3.83. The van der Waals surface area contributed by atoms with Crippen molar-refractivity contribution in [3.8, 4) is 5.75 Å². The molecule has 2 rings (SSSR count). The summed E-state index contributed by atoms with van der Waals surface area (Å²) in [6.07, 6.45) is 0. The van der Waals surface area contributed by atoms with Crippen molar-refractivity contribution < 1.29 is 13.5 Å². The highest BCUT2D eigenvalue weighted by atomic mass is 35.5. The molecule has 0 aliphatic heterocycles. The summed E-state index contributed by atoms with van der Waals surface area (Å²) in [7, 11) is 0. The number of nitrogens with one attached hydrogen (secondary N) is 1. The number of hydrogen-bond donors (Lipinski definition) is 1. The van der Waals surface area contributed by atoms with E-state index >= 15 is 0 Å². The first kappa shape index (κ1) is 13.6. The van der Waals surface area contributed by atoms with Gasteiger partial charge in [0, 0.05) is 12.6 Å². The number of benzene rings is 2. The van der Waals surface area contributed by atoms with E-state index in [2.05, 4.69) is 5.32 Å². The van der Waals surface area contributed by atoms with Crippen molar-refractivity contribution >= 4 is 17.3 Å². The normalized spacial score (nSPS) is 10.3. The predicted octanol–water partition coefficient (Wildman–Crippen LogP) is 4.11. The van der Waals surface area contributed by atoms with Crippen molar-refractivity contribution in [3.05, 3.63) is 59.1 Å². The second-order valence-electron chi connectivity index (χ2n) is 3.83. The Labute approximate surface area is 115 Å². The van der Waals surface area contributed by atoms with E-state index in [0.717, 1.165) is 0 Å². The van der Waals surface area contributed by atoms with E-state index in [1.54, 1.807) is 18.2 Å². The third-order valence-corrected chi connectivity index (χ3v) is 2.74. The van der Waals surface area contributed by atoms with Gasteiger partial charge in [-0.1, -0.05) is 23.7 Å². The molecule has 0 aromatic heterocycles. The summed E-state index contributed by atoms with van der Waals surface area (Å²) in [5.74, 6) is -0.326. The van der Waals surface area contributed by atoms with Crippen LogP contribution in [0.15, 0.2) is 42.5 Å². The molecule has 2 aromatic rings. The van der Waals surface area contributed by atoms with Crippen LogP contribution in [0.25, 0.3) is 0 Å². The summed E-state index contributed by atoms with van der Waals surface area (Å²) >= 11 is 5.62. The number of hydrogen-bond acceptors (Lipinski definition) is 2. The van der Waals surface area contributed by atoms with Crippen LogP contribution >= 0.6 is 11.6 Å². The highest BCUT2D eigenvalue weighted by Gasteiger charge is 2.02. The molecule has 5 heteroatoms. The van der Waals surface area contributed by atoms with Crippen LogP contribution in [0.2, 0.25) is 5.02 Å². The summed E-state index contributed by atoms with van der Waals surface area (Å²) in [5, 5.41) is 2.92. The number of rotatable bonds is 5. The van der Waals surface area contributed by atoms with Crippen LogP contribution in [-0.4, -0.2) is 13.2 Å². The largest absolute Gasteiger partial charge is 0.492 e. The maximum Gasteiger partial charge on any atom is 0.146 e. The molecular formula is C14H12ClF2NO. The molecule has 0 atom stereocenters. The van der Waals surface area contributed by atoms with Crippen LogP contribution in [0.4, 0.5) is 14.5 Å². The molecule has 19 heavy (non-hydrogen) atoms. The molecule has 0 unspecified atom stereocenters. The van der Waals surface area contributed by atoms with Gasteiger partial charge >= 0.3 is 0 Å². The summed E-state index contributed by atoms with van der Waals surface area (Å²) < 4.78 is 31.6. The molecular weight excluding hydrogens is 272 g/mol. The summed E-state index contributed by atoms with van der Waals surface area (Å²) in [4.78, 5) is 0. The molecule has 0 bridgehead atoms. The number of para-hydroxylation sites is 1. The highest BCUT2D eigenvalue weighted by molar-refractivity contribution is 6.30. The molecule has 0 saturated carbocycles. The van der Waals surface area contributed by atoms with E-state index in [9.17, 15) is 8.78 Å². The van der Waals surface area contributed by atoms with E-state index in [0.29, 0.717) is 24.6 Å². The SMILES string of the molecule is Fc1ccc(OCCNc2ccccc2F)cc1Cl. The lowest BCUT2D eigenvalue weighted by molar-refractivity contribution is 0.332. The monoisotopic (exact) mass is 283 g/mol. The molecule has 0 radical (unpaired) electrons. The fourth-order valence-electron chi connectivity index (χ4n) is 1.53. The van der Waals surface area contributed by atoms with Crippen LogP contribution in [-0.2, 0) is 0 Å². The Morgan fingerprint density at radius 1 is 1.05 bits per heavy atom. The first-order valence-electron chi connectivity index (χ1n) is 5.73. The lowest BCUT2D eigenvalue weighted by Crippen LogP contribution is -2.12. The molecule has 0 aliphatic carbocycles. The third-order valence-electron chi connectivity index (χ3n) is 2.45. The van der Waals surface area contributed by atoms with Crippen LogP contribution in [0.3, 0.4) is 0 Å². The fourth-order valence-corrected chi connectivity index (χ4v) is 1.70. The Kier molecular flexibility index (Phi) is 4.58. The van der Waals surface area contributed by atoms with E-state index < -0.39 is 5.82 Å². The molecule has 2 aromatic carbocycles. The number of ether oxygens (including phenoxy) is 1. The van der Waals surface area contributed by atoms with Crippen molar-refractivity contribution in [1.82, 2.24) is 0 Å². The lowest BCUT2D eigenvalue weighted by Gasteiger charge is -2.09. The quantitative estimate of drug-likeness (QED) is 0.834. The van der Waals surface area contributed by atoms with Gasteiger partial charge < -0.3 is 10.1 Å². The number of anilines is 1. The van der Waals surface area contributed by atoms with Gasteiger partial charge in [-0.3, -0.25) is 0 Å². The second-order valence-corrected chi connectivity index (χ2v) is 4.24. The second kappa shape index (κ2) is 6.38. The van der Waals surface area contributed by atoms with E-state index in [-0.39, 0.29) is 10.8 Å². The van der Waals surface area contributed by atoms with Crippen molar-refractivity contribution in [3.63, 3.8) is 0 Å². The molecule has 0 saturated heterocycles. The van der Waals surface area contributed by atoms with E-state index in [4.69, 9.17) is 16.3 Å². The van der Waals surface area contributed by atoms with Gasteiger partial charge in [-0.2, -0.15) is 0 Å². The average molecular weight is 284 g/mol. The Morgan fingerprint density at radius 2 is 1.84 bits per heavy atom. The maximum absolute atomic E-state index is 13.3. The first-order valence-corrected chi connectivity index (χ1v) is 6.11. The Balaban J connectivity index is 1.81. The summed E-state index contributed by atoms with van der Waals surface area (Å²) in [6.45, 7) is 0.742. The molecule has 0 spiro atoms. The zero-order valence-electron chi connectivity index (χ0n) is 10.00. The van der Waals surface area contributed by atoms with E-state index in [1.165, 1.54) is 24.3 Å². The molecule has 100 valence electrons. The minimum atomic E-state index is -0.488. The molecule has 2 nitrogen and oxygen atoms in total. The zero-order chi connectivity index (χ0) is 13.7.